The number of aliphatic hydroxyl groups excluding tert-OH is 4. The molecule has 13 heteroatoms. The van der Waals surface area contributed by atoms with Gasteiger partial charge < -0.3 is 46.4 Å². The Morgan fingerprint density at radius 2 is 1.98 bits per heavy atom. The molecule has 10 atom stereocenters. The van der Waals surface area contributed by atoms with Gasteiger partial charge in [-0.05, 0) is 82.5 Å². The van der Waals surface area contributed by atoms with Crippen molar-refractivity contribution in [3.63, 3.8) is 0 Å². The zero-order valence-corrected chi connectivity index (χ0v) is 25.8. The van der Waals surface area contributed by atoms with E-state index in [0.29, 0.717) is 50.9 Å². The first-order valence-electron chi connectivity index (χ1n) is 16.3. The van der Waals surface area contributed by atoms with Gasteiger partial charge in [0.25, 0.3) is 0 Å². The fraction of sp³-hybridized carbons (Fsp3) is 0.774. The second-order valence-electron chi connectivity index (χ2n) is 12.7. The van der Waals surface area contributed by atoms with Crippen molar-refractivity contribution in [2.75, 3.05) is 26.2 Å². The summed E-state index contributed by atoms with van der Waals surface area (Å²) in [4.78, 5) is 12.4. The second kappa shape index (κ2) is 17.6. The summed E-state index contributed by atoms with van der Waals surface area (Å²) in [7, 11) is 0. The van der Waals surface area contributed by atoms with Crippen LogP contribution >= 0.6 is 0 Å². The molecule has 2 aliphatic heterocycles. The Morgan fingerprint density at radius 3 is 2.75 bits per heavy atom. The molecule has 0 bridgehead atoms. The van der Waals surface area contributed by atoms with E-state index >= 15 is 0 Å². The number of aliphatic hydroxyl groups is 4. The molecule has 1 fully saturated rings. The van der Waals surface area contributed by atoms with Crippen molar-refractivity contribution in [3.8, 4) is 0 Å². The highest BCUT2D eigenvalue weighted by Gasteiger charge is 2.36. The molecule has 4 unspecified atom stereocenters. The van der Waals surface area contributed by atoms with Crippen molar-refractivity contribution in [3.05, 3.63) is 35.8 Å². The van der Waals surface area contributed by atoms with Crippen LogP contribution in [0.3, 0.4) is 0 Å². The molecule has 4 rings (SSSR count). The second-order valence-corrected chi connectivity index (χ2v) is 12.7. The first-order chi connectivity index (χ1) is 21.2. The highest BCUT2D eigenvalue weighted by atomic mass is 19.1. The standard InChI is InChI=1S/C31H53FN6O6/c1-19-4-9-25(32)26(13-19)38-31(43)37-21-5-7-23(8-6-21)44-24-10-12-33-28(15-24)27-14-20(16-35-27)30(42)34-11-2-3-29(41)36-17-22(40)18-39/h5,10,12-13,19-20,22-25,27-30,33-36,39-42H,2-4,6-9,11,14-18H2,1H3,(H2,37,38,43)/t19-,20?,22?,23-,24-,25+,27?,28?,29+,30-/m1/s1. The molecule has 0 aromatic rings. The van der Waals surface area contributed by atoms with Crippen molar-refractivity contribution in [2.24, 2.45) is 11.8 Å². The molecule has 0 radical (unpaired) electrons. The number of allylic oxidation sites excluding steroid dienone is 3. The predicted octanol–water partition coefficient (Wildman–Crippen LogP) is 0.562. The molecule has 10 N–H and O–H groups in total. The number of nitrogens with one attached hydrogen (secondary N) is 6. The zero-order valence-electron chi connectivity index (χ0n) is 25.8. The lowest BCUT2D eigenvalue weighted by molar-refractivity contribution is -0.00489. The van der Waals surface area contributed by atoms with E-state index in [4.69, 9.17) is 9.84 Å². The van der Waals surface area contributed by atoms with Crippen molar-refractivity contribution in [1.29, 1.82) is 0 Å². The third-order valence-corrected chi connectivity index (χ3v) is 8.99. The summed E-state index contributed by atoms with van der Waals surface area (Å²) < 4.78 is 20.6. The van der Waals surface area contributed by atoms with E-state index in [-0.39, 0.29) is 49.3 Å². The molecular formula is C31H53FN6O6. The maximum Gasteiger partial charge on any atom is 0.323 e. The summed E-state index contributed by atoms with van der Waals surface area (Å²) in [6.07, 6.45) is 10.5. The molecule has 250 valence electrons. The normalized spacial score (nSPS) is 32.6. The van der Waals surface area contributed by atoms with E-state index < -0.39 is 30.8 Å². The van der Waals surface area contributed by atoms with Gasteiger partial charge in [-0.25, -0.2) is 9.18 Å². The first-order valence-corrected chi connectivity index (χ1v) is 16.3. The minimum atomic E-state index is -1.12. The van der Waals surface area contributed by atoms with Crippen LogP contribution in [-0.4, -0.2) is 102 Å². The Kier molecular flexibility index (Phi) is 13.9. The van der Waals surface area contributed by atoms with Crippen molar-refractivity contribution < 1.29 is 34.3 Å². The predicted molar refractivity (Wildman–Crippen MR) is 165 cm³/mol. The van der Waals surface area contributed by atoms with Crippen LogP contribution in [0.1, 0.15) is 64.7 Å². The van der Waals surface area contributed by atoms with Gasteiger partial charge in [-0.2, -0.15) is 0 Å². The summed E-state index contributed by atoms with van der Waals surface area (Å²) in [5, 5.41) is 57.3. The number of ether oxygens (including phenoxy) is 1. The van der Waals surface area contributed by atoms with Crippen molar-refractivity contribution >= 4 is 6.03 Å². The minimum absolute atomic E-state index is 0.0263. The highest BCUT2D eigenvalue weighted by molar-refractivity contribution is 5.77. The van der Waals surface area contributed by atoms with E-state index in [9.17, 15) is 24.5 Å². The van der Waals surface area contributed by atoms with E-state index in [1.165, 1.54) is 0 Å². The third kappa shape index (κ3) is 11.1. The maximum absolute atomic E-state index is 14.2. The number of halogens is 1. The molecule has 2 heterocycles. The number of hydrogen-bond donors (Lipinski definition) is 10. The highest BCUT2D eigenvalue weighted by Crippen LogP contribution is 2.27. The number of rotatable bonds is 15. The van der Waals surface area contributed by atoms with Crippen LogP contribution in [0.25, 0.3) is 0 Å². The number of amides is 2. The van der Waals surface area contributed by atoms with Gasteiger partial charge in [0.15, 0.2) is 0 Å². The average Bonchev–Trinajstić information content (AvgIpc) is 3.52. The quantitative estimate of drug-likeness (QED) is 0.0914. The summed E-state index contributed by atoms with van der Waals surface area (Å²) in [6, 6.07) is -0.0227. The van der Waals surface area contributed by atoms with Gasteiger partial charge in [-0.15, -0.1) is 0 Å². The Balaban J connectivity index is 1.11. The molecule has 1 saturated heterocycles. The van der Waals surface area contributed by atoms with Gasteiger partial charge in [-0.1, -0.05) is 19.1 Å². The van der Waals surface area contributed by atoms with E-state index in [1.54, 1.807) is 6.08 Å². The van der Waals surface area contributed by atoms with E-state index in [2.05, 4.69) is 31.9 Å². The van der Waals surface area contributed by atoms with Crippen molar-refractivity contribution in [2.45, 2.75) is 114 Å². The largest absolute Gasteiger partial charge is 0.394 e. The van der Waals surface area contributed by atoms with Crippen LogP contribution in [0.4, 0.5) is 9.18 Å². The van der Waals surface area contributed by atoms with Crippen LogP contribution in [0.2, 0.25) is 0 Å². The van der Waals surface area contributed by atoms with Crippen molar-refractivity contribution in [1.82, 2.24) is 31.9 Å². The zero-order chi connectivity index (χ0) is 31.5. The van der Waals surface area contributed by atoms with E-state index in [1.807, 2.05) is 25.3 Å². The van der Waals surface area contributed by atoms with Crippen LogP contribution in [0.15, 0.2) is 35.8 Å². The molecule has 4 aliphatic rings. The lowest BCUT2D eigenvalue weighted by Crippen LogP contribution is -2.47. The maximum atomic E-state index is 14.2. The molecule has 0 aromatic carbocycles. The molecule has 44 heavy (non-hydrogen) atoms. The fourth-order valence-electron chi connectivity index (χ4n) is 6.34. The third-order valence-electron chi connectivity index (χ3n) is 8.99. The van der Waals surface area contributed by atoms with Crippen LogP contribution in [0.5, 0.6) is 0 Å². The van der Waals surface area contributed by atoms with Gasteiger partial charge in [0.1, 0.15) is 18.6 Å². The van der Waals surface area contributed by atoms with Crippen LogP contribution in [0, 0.1) is 11.8 Å². The average molecular weight is 625 g/mol. The molecule has 0 aromatic heterocycles. The summed E-state index contributed by atoms with van der Waals surface area (Å²) in [6.45, 7) is 3.05. The van der Waals surface area contributed by atoms with Gasteiger partial charge in [-0.3, -0.25) is 10.6 Å². The fourth-order valence-corrected chi connectivity index (χ4v) is 6.34. The van der Waals surface area contributed by atoms with Crippen LogP contribution < -0.4 is 31.9 Å². The van der Waals surface area contributed by atoms with Gasteiger partial charge in [0.2, 0.25) is 0 Å². The monoisotopic (exact) mass is 624 g/mol. The molecule has 2 amide bonds. The van der Waals surface area contributed by atoms with Gasteiger partial charge in [0, 0.05) is 42.5 Å². The van der Waals surface area contributed by atoms with Gasteiger partial charge in [0.05, 0.1) is 24.9 Å². The van der Waals surface area contributed by atoms with Gasteiger partial charge >= 0.3 is 6.03 Å². The smallest absolute Gasteiger partial charge is 0.323 e. The number of carbonyl (C=O) groups excluding carboxylic acids is 1. The first kappa shape index (κ1) is 34.8. The number of urea groups is 1. The summed E-state index contributed by atoms with van der Waals surface area (Å²) in [5.41, 5.74) is 1.19. The minimum Gasteiger partial charge on any atom is -0.394 e. The molecule has 0 spiro atoms. The number of hydrogen-bond acceptors (Lipinski definition) is 10. The summed E-state index contributed by atoms with van der Waals surface area (Å²) in [5.74, 6) is 0.323. The number of alkyl halides is 1. The topological polar surface area (TPSA) is 179 Å². The lowest BCUT2D eigenvalue weighted by atomic mass is 9.93. The number of carbonyl (C=O) groups is 1. The molecule has 12 nitrogen and oxygen atoms in total. The Morgan fingerprint density at radius 1 is 1.14 bits per heavy atom. The Hall–Kier alpha value is -2.10. The SMILES string of the molecule is C[C@H]1C=C(NC(=O)NC2=CC[C@@H](O[C@@H]3C=CNC(C4CC([C@@H](O)NCCC[C@H](O)NCC(O)CO)CN4)C3)CC2)[C@@H](F)CC1. The lowest BCUT2D eigenvalue weighted by Gasteiger charge is -2.33. The molecule has 0 saturated carbocycles. The van der Waals surface area contributed by atoms with E-state index in [0.717, 1.165) is 31.4 Å². The molecular weight excluding hydrogens is 571 g/mol. The molecule has 2 aliphatic carbocycles. The summed E-state index contributed by atoms with van der Waals surface area (Å²) >= 11 is 0. The Bertz CT molecular complexity index is 1000. The Labute approximate surface area is 260 Å². The van der Waals surface area contributed by atoms with Crippen LogP contribution in [-0.2, 0) is 4.74 Å².